The van der Waals surface area contributed by atoms with Gasteiger partial charge in [0.25, 0.3) is 11.5 Å². The third-order valence-electron chi connectivity index (χ3n) is 4.30. The number of hydrogen-bond acceptors (Lipinski definition) is 5. The van der Waals surface area contributed by atoms with Crippen LogP contribution in [-0.2, 0) is 11.3 Å². The predicted molar refractivity (Wildman–Crippen MR) is 109 cm³/mol. The van der Waals surface area contributed by atoms with E-state index in [1.165, 1.54) is 38.4 Å². The molecule has 3 rings (SSSR count). The first-order chi connectivity index (χ1) is 14.4. The van der Waals surface area contributed by atoms with Crippen molar-refractivity contribution in [1.29, 1.82) is 0 Å². The smallest absolute Gasteiger partial charge is 0.267 e. The first-order valence-electron chi connectivity index (χ1n) is 8.94. The van der Waals surface area contributed by atoms with Crippen LogP contribution < -0.4 is 20.9 Å². The van der Waals surface area contributed by atoms with E-state index in [0.717, 1.165) is 10.8 Å². The van der Waals surface area contributed by atoms with Gasteiger partial charge in [-0.15, -0.1) is 0 Å². The molecule has 2 N–H and O–H groups in total. The Morgan fingerprint density at radius 1 is 1.10 bits per heavy atom. The zero-order chi connectivity index (χ0) is 21.7. The SMILES string of the molecule is CNC(=O)c1cnc(-c2ccc(F)cc2)n(CC(=O)Nc2ccc(OC)cc2)c1=O. The highest BCUT2D eigenvalue weighted by Gasteiger charge is 2.18. The van der Waals surface area contributed by atoms with Crippen molar-refractivity contribution in [3.05, 3.63) is 76.5 Å². The molecule has 8 nitrogen and oxygen atoms in total. The molecule has 1 heterocycles. The Balaban J connectivity index is 1.97. The molecular weight excluding hydrogens is 391 g/mol. The van der Waals surface area contributed by atoms with Gasteiger partial charge in [-0.3, -0.25) is 19.0 Å². The number of anilines is 1. The number of ether oxygens (including phenoxy) is 1. The van der Waals surface area contributed by atoms with Crippen molar-refractivity contribution in [2.75, 3.05) is 19.5 Å². The first-order valence-corrected chi connectivity index (χ1v) is 8.94. The summed E-state index contributed by atoms with van der Waals surface area (Å²) in [6.07, 6.45) is 1.14. The van der Waals surface area contributed by atoms with Crippen LogP contribution in [0.3, 0.4) is 0 Å². The van der Waals surface area contributed by atoms with Crippen molar-refractivity contribution >= 4 is 17.5 Å². The van der Waals surface area contributed by atoms with Gasteiger partial charge in [0.05, 0.1) is 7.11 Å². The van der Waals surface area contributed by atoms with E-state index >= 15 is 0 Å². The van der Waals surface area contributed by atoms with Gasteiger partial charge in [0.2, 0.25) is 5.91 Å². The molecule has 2 aromatic carbocycles. The number of nitrogens with zero attached hydrogens (tertiary/aromatic N) is 2. The monoisotopic (exact) mass is 410 g/mol. The van der Waals surface area contributed by atoms with Crippen LogP contribution in [0.25, 0.3) is 11.4 Å². The van der Waals surface area contributed by atoms with Gasteiger partial charge in [0.1, 0.15) is 29.5 Å². The normalized spacial score (nSPS) is 10.4. The Morgan fingerprint density at radius 2 is 1.77 bits per heavy atom. The van der Waals surface area contributed by atoms with Crippen LogP contribution in [0.5, 0.6) is 5.75 Å². The van der Waals surface area contributed by atoms with Gasteiger partial charge in [-0.25, -0.2) is 9.37 Å². The summed E-state index contributed by atoms with van der Waals surface area (Å²) in [5.74, 6) is -0.807. The number of carbonyl (C=O) groups excluding carboxylic acids is 2. The molecule has 2 amide bonds. The van der Waals surface area contributed by atoms with Crippen LogP contribution in [-0.4, -0.2) is 35.5 Å². The molecule has 0 saturated carbocycles. The summed E-state index contributed by atoms with van der Waals surface area (Å²) in [7, 11) is 2.92. The summed E-state index contributed by atoms with van der Waals surface area (Å²) in [4.78, 5) is 41.6. The van der Waals surface area contributed by atoms with Crippen molar-refractivity contribution < 1.29 is 18.7 Å². The summed E-state index contributed by atoms with van der Waals surface area (Å²) in [5.41, 5.74) is 0.0379. The molecule has 0 atom stereocenters. The Morgan fingerprint density at radius 3 is 2.37 bits per heavy atom. The third-order valence-corrected chi connectivity index (χ3v) is 4.30. The van der Waals surface area contributed by atoms with E-state index in [2.05, 4.69) is 15.6 Å². The molecule has 0 spiro atoms. The fourth-order valence-corrected chi connectivity index (χ4v) is 2.78. The summed E-state index contributed by atoms with van der Waals surface area (Å²) < 4.78 is 19.4. The highest BCUT2D eigenvalue weighted by Crippen LogP contribution is 2.18. The highest BCUT2D eigenvalue weighted by atomic mass is 19.1. The molecule has 0 bridgehead atoms. The lowest BCUT2D eigenvalue weighted by Gasteiger charge is -2.14. The number of hydrogen-bond donors (Lipinski definition) is 2. The third kappa shape index (κ3) is 4.52. The molecule has 0 aliphatic heterocycles. The standard InChI is InChI=1S/C21H19FN4O4/c1-23-20(28)17-11-24-19(13-3-5-14(22)6-4-13)26(21(17)29)12-18(27)25-15-7-9-16(30-2)10-8-15/h3-11H,12H2,1-2H3,(H,23,28)(H,25,27). The Hall–Kier alpha value is -4.01. The lowest BCUT2D eigenvalue weighted by atomic mass is 10.2. The Bertz CT molecular complexity index is 1130. The van der Waals surface area contributed by atoms with Crippen LogP contribution >= 0.6 is 0 Å². The van der Waals surface area contributed by atoms with Crippen LogP contribution in [0.4, 0.5) is 10.1 Å². The molecule has 0 aliphatic carbocycles. The number of aromatic nitrogens is 2. The molecule has 0 unspecified atom stereocenters. The van der Waals surface area contributed by atoms with Gasteiger partial charge in [0.15, 0.2) is 0 Å². The van der Waals surface area contributed by atoms with E-state index in [1.54, 1.807) is 24.3 Å². The molecule has 154 valence electrons. The quantitative estimate of drug-likeness (QED) is 0.648. The van der Waals surface area contributed by atoms with Gasteiger partial charge in [-0.2, -0.15) is 0 Å². The van der Waals surface area contributed by atoms with Crippen LogP contribution in [0.2, 0.25) is 0 Å². The zero-order valence-electron chi connectivity index (χ0n) is 16.3. The second kappa shape index (κ2) is 8.99. The van der Waals surface area contributed by atoms with Gasteiger partial charge in [-0.1, -0.05) is 0 Å². The Kier molecular flexibility index (Phi) is 6.21. The molecule has 1 aromatic heterocycles. The molecule has 0 fully saturated rings. The topological polar surface area (TPSA) is 102 Å². The van der Waals surface area contributed by atoms with Crippen LogP contribution in [0, 0.1) is 5.82 Å². The minimum absolute atomic E-state index is 0.137. The molecule has 0 saturated heterocycles. The molecule has 9 heteroatoms. The van der Waals surface area contributed by atoms with Gasteiger partial charge in [-0.05, 0) is 48.5 Å². The number of carbonyl (C=O) groups is 2. The van der Waals surface area contributed by atoms with E-state index in [1.807, 2.05) is 0 Å². The zero-order valence-corrected chi connectivity index (χ0v) is 16.3. The van der Waals surface area contributed by atoms with Gasteiger partial charge in [0, 0.05) is 24.5 Å². The van der Waals surface area contributed by atoms with Crippen molar-refractivity contribution in [2.45, 2.75) is 6.54 Å². The van der Waals surface area contributed by atoms with E-state index in [4.69, 9.17) is 4.74 Å². The lowest BCUT2D eigenvalue weighted by Crippen LogP contribution is -2.35. The summed E-state index contributed by atoms with van der Waals surface area (Å²) in [6, 6.07) is 12.0. The molecule has 0 aliphatic rings. The average Bonchev–Trinajstić information content (AvgIpc) is 2.76. The Labute approximate surface area is 171 Å². The molecular formula is C21H19FN4O4. The largest absolute Gasteiger partial charge is 0.497 e. The maximum absolute atomic E-state index is 13.3. The van der Waals surface area contributed by atoms with E-state index in [-0.39, 0.29) is 11.4 Å². The van der Waals surface area contributed by atoms with Crippen LogP contribution in [0.1, 0.15) is 10.4 Å². The number of methoxy groups -OCH3 is 1. The second-order valence-electron chi connectivity index (χ2n) is 6.25. The van der Waals surface area contributed by atoms with Crippen molar-refractivity contribution in [2.24, 2.45) is 0 Å². The summed E-state index contributed by atoms with van der Waals surface area (Å²) in [5, 5.41) is 5.04. The van der Waals surface area contributed by atoms with Gasteiger partial charge < -0.3 is 15.4 Å². The lowest BCUT2D eigenvalue weighted by molar-refractivity contribution is -0.116. The van der Waals surface area contributed by atoms with Crippen LogP contribution in [0.15, 0.2) is 59.5 Å². The summed E-state index contributed by atoms with van der Waals surface area (Å²) in [6.45, 7) is -0.393. The number of nitrogens with one attached hydrogen (secondary N) is 2. The molecule has 3 aromatic rings. The number of halogens is 1. The number of rotatable bonds is 6. The van der Waals surface area contributed by atoms with Gasteiger partial charge >= 0.3 is 0 Å². The summed E-state index contributed by atoms with van der Waals surface area (Å²) >= 11 is 0. The number of benzene rings is 2. The van der Waals surface area contributed by atoms with Crippen molar-refractivity contribution in [3.63, 3.8) is 0 Å². The van der Waals surface area contributed by atoms with E-state index in [0.29, 0.717) is 17.0 Å². The highest BCUT2D eigenvalue weighted by molar-refractivity contribution is 5.94. The first kappa shape index (κ1) is 20.7. The predicted octanol–water partition coefficient (Wildman–Crippen LogP) is 2.06. The minimum atomic E-state index is -0.687. The molecule has 30 heavy (non-hydrogen) atoms. The van der Waals surface area contributed by atoms with E-state index < -0.39 is 29.7 Å². The maximum atomic E-state index is 13.3. The average molecular weight is 410 g/mol. The maximum Gasteiger partial charge on any atom is 0.267 e. The second-order valence-corrected chi connectivity index (χ2v) is 6.25. The van der Waals surface area contributed by atoms with Crippen molar-refractivity contribution in [3.8, 4) is 17.1 Å². The van der Waals surface area contributed by atoms with E-state index in [9.17, 15) is 18.8 Å². The fourth-order valence-electron chi connectivity index (χ4n) is 2.78. The minimum Gasteiger partial charge on any atom is -0.497 e. The fraction of sp³-hybridized carbons (Fsp3) is 0.143. The number of amides is 2. The van der Waals surface area contributed by atoms with Crippen molar-refractivity contribution in [1.82, 2.24) is 14.9 Å². The molecule has 0 radical (unpaired) electrons.